The summed E-state index contributed by atoms with van der Waals surface area (Å²) in [5.41, 5.74) is 0. The first-order valence-corrected chi connectivity index (χ1v) is 6.75. The number of hydrogen-bond donors (Lipinski definition) is 2. The van der Waals surface area contributed by atoms with Gasteiger partial charge in [0.2, 0.25) is 5.91 Å². The molecule has 0 spiro atoms. The summed E-state index contributed by atoms with van der Waals surface area (Å²) in [5, 5.41) is 13.0. The molecule has 0 aliphatic heterocycles. The zero-order chi connectivity index (χ0) is 12.0. The van der Waals surface area contributed by atoms with E-state index in [0.717, 1.165) is 5.75 Å². The largest absolute Gasteiger partial charge is 0.480 e. The number of carbonyl (C=O) groups excluding carboxylic acids is 1. The van der Waals surface area contributed by atoms with E-state index in [0.29, 0.717) is 0 Å². The van der Waals surface area contributed by atoms with Crippen molar-refractivity contribution in [2.24, 2.45) is 0 Å². The summed E-state index contributed by atoms with van der Waals surface area (Å²) in [4.78, 5) is 23.0. The van der Waals surface area contributed by atoms with Crippen molar-refractivity contribution in [1.29, 1.82) is 0 Å². The van der Waals surface area contributed by atoms with Gasteiger partial charge in [0.25, 0.3) is 0 Å². The van der Waals surface area contributed by atoms with Gasteiger partial charge in [-0.1, -0.05) is 6.07 Å². The quantitative estimate of drug-likeness (QED) is 0.814. The van der Waals surface area contributed by atoms with Crippen molar-refractivity contribution in [3.05, 3.63) is 22.4 Å². The molecule has 0 saturated heterocycles. The zero-order valence-corrected chi connectivity index (χ0v) is 10.4. The molecular weight excluding hydrogens is 246 g/mol. The zero-order valence-electron chi connectivity index (χ0n) is 8.80. The minimum Gasteiger partial charge on any atom is -0.480 e. The molecule has 1 atom stereocenters. The lowest BCUT2D eigenvalue weighted by atomic mass is 10.3. The normalized spacial score (nSPS) is 12.1. The third-order valence-corrected chi connectivity index (χ3v) is 3.85. The van der Waals surface area contributed by atoms with Crippen LogP contribution in [-0.4, -0.2) is 28.8 Å². The van der Waals surface area contributed by atoms with Crippen LogP contribution in [0.3, 0.4) is 0 Å². The summed E-state index contributed by atoms with van der Waals surface area (Å²) in [7, 11) is 0. The van der Waals surface area contributed by atoms with Gasteiger partial charge >= 0.3 is 5.97 Å². The van der Waals surface area contributed by atoms with E-state index in [-0.39, 0.29) is 11.7 Å². The van der Waals surface area contributed by atoms with E-state index in [4.69, 9.17) is 5.11 Å². The van der Waals surface area contributed by atoms with Crippen LogP contribution in [0.1, 0.15) is 11.8 Å². The minimum absolute atomic E-state index is 0.239. The predicted octanol–water partition coefficient (Wildman–Crippen LogP) is 1.57. The van der Waals surface area contributed by atoms with Gasteiger partial charge in [-0.15, -0.1) is 23.1 Å². The third-order valence-electron chi connectivity index (χ3n) is 1.81. The predicted molar refractivity (Wildman–Crippen MR) is 65.7 cm³/mol. The van der Waals surface area contributed by atoms with Gasteiger partial charge in [0, 0.05) is 10.6 Å². The molecule has 1 amide bonds. The van der Waals surface area contributed by atoms with E-state index in [2.05, 4.69) is 5.32 Å². The van der Waals surface area contributed by atoms with Crippen LogP contribution in [-0.2, 0) is 15.3 Å². The monoisotopic (exact) mass is 259 g/mol. The second-order valence-electron chi connectivity index (χ2n) is 3.20. The average molecular weight is 259 g/mol. The summed E-state index contributed by atoms with van der Waals surface area (Å²) >= 11 is 3.12. The molecule has 1 heterocycles. The summed E-state index contributed by atoms with van der Waals surface area (Å²) in [6.07, 6.45) is 0. The van der Waals surface area contributed by atoms with E-state index in [1.165, 1.54) is 23.6 Å². The van der Waals surface area contributed by atoms with Crippen molar-refractivity contribution in [2.75, 3.05) is 5.75 Å². The molecule has 1 aromatic heterocycles. The fourth-order valence-corrected chi connectivity index (χ4v) is 2.66. The van der Waals surface area contributed by atoms with Crippen molar-refractivity contribution >= 4 is 35.0 Å². The highest BCUT2D eigenvalue weighted by Crippen LogP contribution is 2.16. The van der Waals surface area contributed by atoms with Crippen LogP contribution in [0.4, 0.5) is 0 Å². The van der Waals surface area contributed by atoms with Crippen LogP contribution < -0.4 is 5.32 Å². The molecule has 0 aliphatic rings. The van der Waals surface area contributed by atoms with Gasteiger partial charge in [0.1, 0.15) is 6.04 Å². The standard InChI is InChI=1S/C10H13NO3S2/c1-7(10(13)14)11-9(12)6-15-5-8-3-2-4-16-8/h2-4,7H,5-6H2,1H3,(H,11,12)(H,13,14)/t7-/m1/s1. The molecule has 0 saturated carbocycles. The number of amides is 1. The summed E-state index contributed by atoms with van der Waals surface area (Å²) in [6, 6.07) is 3.15. The van der Waals surface area contributed by atoms with Crippen molar-refractivity contribution < 1.29 is 14.7 Å². The van der Waals surface area contributed by atoms with Gasteiger partial charge in [0.05, 0.1) is 5.75 Å². The van der Waals surface area contributed by atoms with Crippen molar-refractivity contribution in [1.82, 2.24) is 5.32 Å². The molecule has 0 fully saturated rings. The Morgan fingerprint density at radius 1 is 1.62 bits per heavy atom. The van der Waals surface area contributed by atoms with Crippen molar-refractivity contribution in [3.8, 4) is 0 Å². The van der Waals surface area contributed by atoms with E-state index in [9.17, 15) is 9.59 Å². The number of nitrogens with one attached hydrogen (secondary N) is 1. The number of hydrogen-bond acceptors (Lipinski definition) is 4. The highest BCUT2D eigenvalue weighted by molar-refractivity contribution is 7.99. The molecule has 0 aromatic carbocycles. The van der Waals surface area contributed by atoms with E-state index in [1.807, 2.05) is 17.5 Å². The van der Waals surface area contributed by atoms with Crippen LogP contribution in [0, 0.1) is 0 Å². The summed E-state index contributed by atoms with van der Waals surface area (Å²) in [5.74, 6) is -0.185. The lowest BCUT2D eigenvalue weighted by molar-refractivity contribution is -0.140. The Kier molecular flexibility index (Phi) is 5.34. The molecule has 0 aliphatic carbocycles. The summed E-state index contributed by atoms with van der Waals surface area (Å²) in [6.45, 7) is 1.45. The smallest absolute Gasteiger partial charge is 0.325 e. The number of thioether (sulfide) groups is 1. The third kappa shape index (κ3) is 4.67. The maximum Gasteiger partial charge on any atom is 0.325 e. The molecule has 1 rings (SSSR count). The molecule has 0 radical (unpaired) electrons. The van der Waals surface area contributed by atoms with Crippen molar-refractivity contribution in [3.63, 3.8) is 0 Å². The van der Waals surface area contributed by atoms with Gasteiger partial charge in [-0.25, -0.2) is 0 Å². The Balaban J connectivity index is 2.18. The highest BCUT2D eigenvalue weighted by Gasteiger charge is 2.13. The van der Waals surface area contributed by atoms with Crippen LogP contribution in [0.25, 0.3) is 0 Å². The van der Waals surface area contributed by atoms with Gasteiger partial charge in [0.15, 0.2) is 0 Å². The highest BCUT2D eigenvalue weighted by atomic mass is 32.2. The second-order valence-corrected chi connectivity index (χ2v) is 5.22. The number of carbonyl (C=O) groups is 2. The molecular formula is C10H13NO3S2. The van der Waals surface area contributed by atoms with Crippen LogP contribution in [0.2, 0.25) is 0 Å². The van der Waals surface area contributed by atoms with Crippen LogP contribution in [0.5, 0.6) is 0 Å². The SMILES string of the molecule is C[C@@H](NC(=O)CSCc1cccs1)C(=O)O. The Bertz CT molecular complexity index is 351. The van der Waals surface area contributed by atoms with Gasteiger partial charge < -0.3 is 10.4 Å². The van der Waals surface area contributed by atoms with Crippen LogP contribution >= 0.6 is 23.1 Å². The van der Waals surface area contributed by atoms with Gasteiger partial charge in [-0.3, -0.25) is 9.59 Å². The van der Waals surface area contributed by atoms with Gasteiger partial charge in [-0.2, -0.15) is 0 Å². The van der Waals surface area contributed by atoms with Crippen molar-refractivity contribution in [2.45, 2.75) is 18.7 Å². The molecule has 2 N–H and O–H groups in total. The number of carboxylic acid groups (broad SMARTS) is 1. The minimum atomic E-state index is -1.02. The Hall–Kier alpha value is -1.01. The Morgan fingerprint density at radius 2 is 2.38 bits per heavy atom. The van der Waals surface area contributed by atoms with Crippen LogP contribution in [0.15, 0.2) is 17.5 Å². The summed E-state index contributed by atoms with van der Waals surface area (Å²) < 4.78 is 0. The molecule has 4 nitrogen and oxygen atoms in total. The Labute approximate surface area is 102 Å². The molecule has 1 aromatic rings. The molecule has 16 heavy (non-hydrogen) atoms. The number of carboxylic acids is 1. The van der Waals surface area contributed by atoms with E-state index >= 15 is 0 Å². The average Bonchev–Trinajstić information content (AvgIpc) is 2.70. The molecule has 88 valence electrons. The van der Waals surface area contributed by atoms with E-state index in [1.54, 1.807) is 11.3 Å². The molecule has 0 unspecified atom stereocenters. The molecule has 6 heteroatoms. The maximum absolute atomic E-state index is 11.3. The first kappa shape index (κ1) is 13.1. The second kappa shape index (κ2) is 6.55. The fraction of sp³-hybridized carbons (Fsp3) is 0.400. The maximum atomic E-state index is 11.3. The fourth-order valence-electron chi connectivity index (χ4n) is 0.984. The number of rotatable bonds is 6. The number of aliphatic carboxylic acids is 1. The lowest BCUT2D eigenvalue weighted by Crippen LogP contribution is -2.39. The first-order chi connectivity index (χ1) is 7.59. The number of thiophene rings is 1. The van der Waals surface area contributed by atoms with E-state index < -0.39 is 12.0 Å². The topological polar surface area (TPSA) is 66.4 Å². The molecule has 0 bridgehead atoms. The first-order valence-electron chi connectivity index (χ1n) is 4.72. The van der Waals surface area contributed by atoms with Gasteiger partial charge in [-0.05, 0) is 18.4 Å². The Morgan fingerprint density at radius 3 is 2.94 bits per heavy atom. The lowest BCUT2D eigenvalue weighted by Gasteiger charge is -2.08.